The quantitative estimate of drug-likeness (QED) is 0.557. The van der Waals surface area contributed by atoms with Gasteiger partial charge in [-0.3, -0.25) is 4.90 Å². The van der Waals surface area contributed by atoms with Gasteiger partial charge in [0.2, 0.25) is 0 Å². The molecule has 1 fully saturated rings. The number of hydrogen-bond acceptors (Lipinski definition) is 3. The molecule has 0 amide bonds. The SMILES string of the molecule is COC(CCC1=CC2CCCC(C1)N2Cc1ccccc1)OC. The van der Waals surface area contributed by atoms with Gasteiger partial charge in [0, 0.05) is 39.3 Å². The van der Waals surface area contributed by atoms with E-state index in [1.54, 1.807) is 19.8 Å². The first-order valence-electron chi connectivity index (χ1n) is 8.85. The van der Waals surface area contributed by atoms with Gasteiger partial charge in [-0.15, -0.1) is 0 Å². The molecule has 126 valence electrons. The number of benzene rings is 1. The van der Waals surface area contributed by atoms with Crippen LogP contribution in [0.3, 0.4) is 0 Å². The zero-order valence-corrected chi connectivity index (χ0v) is 14.4. The summed E-state index contributed by atoms with van der Waals surface area (Å²) in [6.45, 7) is 1.08. The predicted octanol–water partition coefficient (Wildman–Crippen LogP) is 4.14. The summed E-state index contributed by atoms with van der Waals surface area (Å²) in [4.78, 5) is 2.71. The highest BCUT2D eigenvalue weighted by Crippen LogP contribution is 2.35. The second kappa shape index (κ2) is 8.09. The molecule has 0 saturated carbocycles. The minimum Gasteiger partial charge on any atom is -0.356 e. The first-order chi connectivity index (χ1) is 11.3. The fourth-order valence-corrected chi connectivity index (χ4v) is 4.07. The van der Waals surface area contributed by atoms with Crippen molar-refractivity contribution in [3.8, 4) is 0 Å². The predicted molar refractivity (Wildman–Crippen MR) is 93.2 cm³/mol. The molecule has 2 aliphatic heterocycles. The summed E-state index contributed by atoms with van der Waals surface area (Å²) >= 11 is 0. The van der Waals surface area contributed by atoms with Gasteiger partial charge < -0.3 is 9.47 Å². The lowest BCUT2D eigenvalue weighted by Gasteiger charge is -2.45. The van der Waals surface area contributed by atoms with Crippen molar-refractivity contribution in [3.05, 3.63) is 47.5 Å². The summed E-state index contributed by atoms with van der Waals surface area (Å²) in [5.41, 5.74) is 3.03. The third kappa shape index (κ3) is 4.23. The van der Waals surface area contributed by atoms with E-state index in [-0.39, 0.29) is 6.29 Å². The molecule has 3 rings (SSSR count). The zero-order chi connectivity index (χ0) is 16.1. The zero-order valence-electron chi connectivity index (χ0n) is 14.4. The fraction of sp³-hybridized carbons (Fsp3) is 0.600. The van der Waals surface area contributed by atoms with E-state index in [4.69, 9.17) is 9.47 Å². The monoisotopic (exact) mass is 315 g/mol. The van der Waals surface area contributed by atoms with Crippen LogP contribution in [0.4, 0.5) is 0 Å². The molecule has 1 aromatic carbocycles. The molecule has 2 heterocycles. The highest BCUT2D eigenvalue weighted by atomic mass is 16.7. The van der Waals surface area contributed by atoms with Crippen LogP contribution < -0.4 is 0 Å². The van der Waals surface area contributed by atoms with Gasteiger partial charge in [-0.2, -0.15) is 0 Å². The average Bonchev–Trinajstić information content (AvgIpc) is 2.57. The number of methoxy groups -OCH3 is 2. The summed E-state index contributed by atoms with van der Waals surface area (Å²) < 4.78 is 10.6. The Morgan fingerprint density at radius 1 is 1.13 bits per heavy atom. The summed E-state index contributed by atoms with van der Waals surface area (Å²) in [5.74, 6) is 0. The van der Waals surface area contributed by atoms with Gasteiger partial charge in [-0.05, 0) is 31.2 Å². The van der Waals surface area contributed by atoms with E-state index in [1.165, 1.54) is 31.2 Å². The molecule has 2 aliphatic rings. The fourth-order valence-electron chi connectivity index (χ4n) is 4.07. The summed E-state index contributed by atoms with van der Waals surface area (Å²) in [5, 5.41) is 0. The van der Waals surface area contributed by atoms with Crippen molar-refractivity contribution >= 4 is 0 Å². The molecule has 2 unspecified atom stereocenters. The second-order valence-corrected chi connectivity index (χ2v) is 6.78. The topological polar surface area (TPSA) is 21.7 Å². The highest BCUT2D eigenvalue weighted by Gasteiger charge is 2.33. The van der Waals surface area contributed by atoms with Crippen LogP contribution in [-0.2, 0) is 16.0 Å². The Morgan fingerprint density at radius 3 is 2.61 bits per heavy atom. The maximum Gasteiger partial charge on any atom is 0.157 e. The second-order valence-electron chi connectivity index (χ2n) is 6.78. The first kappa shape index (κ1) is 16.7. The van der Waals surface area contributed by atoms with Gasteiger partial charge >= 0.3 is 0 Å². The molecule has 23 heavy (non-hydrogen) atoms. The van der Waals surface area contributed by atoms with Crippen molar-refractivity contribution in [2.75, 3.05) is 14.2 Å². The number of nitrogens with zero attached hydrogens (tertiary/aromatic N) is 1. The Bertz CT molecular complexity index is 510. The third-order valence-corrected chi connectivity index (χ3v) is 5.29. The highest BCUT2D eigenvalue weighted by molar-refractivity contribution is 5.20. The van der Waals surface area contributed by atoms with Gasteiger partial charge in [0.15, 0.2) is 6.29 Å². The number of ether oxygens (including phenoxy) is 2. The van der Waals surface area contributed by atoms with Crippen LogP contribution in [0.15, 0.2) is 42.0 Å². The van der Waals surface area contributed by atoms with E-state index >= 15 is 0 Å². The smallest absolute Gasteiger partial charge is 0.157 e. The van der Waals surface area contributed by atoms with E-state index in [0.29, 0.717) is 12.1 Å². The summed E-state index contributed by atoms with van der Waals surface area (Å²) in [6, 6.07) is 12.2. The molecule has 0 spiro atoms. The molecular formula is C20H29NO2. The molecule has 3 heteroatoms. The minimum absolute atomic E-state index is 0.0712. The summed E-state index contributed by atoms with van der Waals surface area (Å²) in [6.07, 6.45) is 9.71. The lowest BCUT2D eigenvalue weighted by atomic mass is 9.83. The van der Waals surface area contributed by atoms with Crippen molar-refractivity contribution in [2.45, 2.75) is 63.4 Å². The van der Waals surface area contributed by atoms with Gasteiger partial charge in [0.05, 0.1) is 0 Å². The van der Waals surface area contributed by atoms with Crippen LogP contribution in [0, 0.1) is 0 Å². The van der Waals surface area contributed by atoms with E-state index < -0.39 is 0 Å². The maximum atomic E-state index is 5.32. The van der Waals surface area contributed by atoms with Crippen LogP contribution in [0.2, 0.25) is 0 Å². The van der Waals surface area contributed by atoms with Crippen molar-refractivity contribution in [1.29, 1.82) is 0 Å². The minimum atomic E-state index is -0.0712. The molecular weight excluding hydrogens is 286 g/mol. The van der Waals surface area contributed by atoms with Crippen LogP contribution in [0.1, 0.15) is 44.1 Å². The number of rotatable bonds is 7. The molecule has 0 aromatic heterocycles. The van der Waals surface area contributed by atoms with E-state index in [9.17, 15) is 0 Å². The molecule has 3 nitrogen and oxygen atoms in total. The van der Waals surface area contributed by atoms with E-state index in [0.717, 1.165) is 19.4 Å². The number of hydrogen-bond donors (Lipinski definition) is 0. The molecule has 0 N–H and O–H groups in total. The van der Waals surface area contributed by atoms with E-state index in [1.807, 2.05) is 0 Å². The molecule has 0 radical (unpaired) electrons. The molecule has 2 atom stereocenters. The van der Waals surface area contributed by atoms with Crippen molar-refractivity contribution in [3.63, 3.8) is 0 Å². The molecule has 0 aliphatic carbocycles. The summed E-state index contributed by atoms with van der Waals surface area (Å²) in [7, 11) is 3.44. The largest absolute Gasteiger partial charge is 0.356 e. The Kier molecular flexibility index (Phi) is 5.87. The standard InChI is InChI=1S/C20H29NO2/c1-22-20(23-2)12-11-17-13-18-9-6-10-19(14-17)21(18)15-16-7-4-3-5-8-16/h3-5,7-8,13,18-20H,6,9-12,14-15H2,1-2H3. The van der Waals surface area contributed by atoms with Gasteiger partial charge in [-0.1, -0.05) is 48.4 Å². The lowest BCUT2D eigenvalue weighted by Crippen LogP contribution is -2.48. The van der Waals surface area contributed by atoms with Crippen molar-refractivity contribution in [1.82, 2.24) is 4.90 Å². The number of fused-ring (bicyclic) bond motifs is 2. The van der Waals surface area contributed by atoms with Gasteiger partial charge in [0.1, 0.15) is 0 Å². The average molecular weight is 315 g/mol. The molecule has 1 saturated heterocycles. The normalized spacial score (nSPS) is 24.7. The molecule has 2 bridgehead atoms. The Balaban J connectivity index is 1.64. The maximum absolute atomic E-state index is 5.32. The Hall–Kier alpha value is -1.16. The van der Waals surface area contributed by atoms with Gasteiger partial charge in [-0.25, -0.2) is 0 Å². The van der Waals surface area contributed by atoms with Crippen LogP contribution in [-0.4, -0.2) is 37.5 Å². The third-order valence-electron chi connectivity index (χ3n) is 5.29. The lowest BCUT2D eigenvalue weighted by molar-refractivity contribution is -0.106. The van der Waals surface area contributed by atoms with Gasteiger partial charge in [0.25, 0.3) is 0 Å². The van der Waals surface area contributed by atoms with Crippen LogP contribution in [0.5, 0.6) is 0 Å². The van der Waals surface area contributed by atoms with Crippen molar-refractivity contribution in [2.24, 2.45) is 0 Å². The van der Waals surface area contributed by atoms with Crippen molar-refractivity contribution < 1.29 is 9.47 Å². The number of piperidine rings is 1. The van der Waals surface area contributed by atoms with Crippen LogP contribution in [0.25, 0.3) is 0 Å². The first-order valence-corrected chi connectivity index (χ1v) is 8.85. The van der Waals surface area contributed by atoms with E-state index in [2.05, 4.69) is 41.3 Å². The Labute approximate surface area is 140 Å². The Morgan fingerprint density at radius 2 is 1.91 bits per heavy atom. The molecule has 1 aromatic rings. The van der Waals surface area contributed by atoms with Crippen LogP contribution >= 0.6 is 0 Å².